The van der Waals surface area contributed by atoms with Crippen molar-refractivity contribution < 1.29 is 14.2 Å². The maximum Gasteiger partial charge on any atom is 0.205 e. The van der Waals surface area contributed by atoms with E-state index in [1.807, 2.05) is 60.7 Å². The van der Waals surface area contributed by atoms with Gasteiger partial charge in [-0.05, 0) is 118 Å². The van der Waals surface area contributed by atoms with Crippen molar-refractivity contribution in [3.05, 3.63) is 128 Å². The lowest BCUT2D eigenvalue weighted by atomic mass is 10.2. The summed E-state index contributed by atoms with van der Waals surface area (Å²) in [6, 6.07) is 41.1. The molecule has 0 aliphatic rings. The highest BCUT2D eigenvalue weighted by Crippen LogP contribution is 2.46. The Morgan fingerprint density at radius 2 is 0.919 bits per heavy atom. The minimum Gasteiger partial charge on any atom is -0.490 e. The minimum atomic E-state index is -0.387. The molecule has 37 heavy (non-hydrogen) atoms. The van der Waals surface area contributed by atoms with E-state index < -0.39 is 0 Å². The summed E-state index contributed by atoms with van der Waals surface area (Å²) in [5.74, 6) is 3.22. The Labute approximate surface area is 247 Å². The van der Waals surface area contributed by atoms with Crippen LogP contribution < -0.4 is 14.2 Å². The normalized spacial score (nSPS) is 10.8. The van der Waals surface area contributed by atoms with Gasteiger partial charge in [-0.15, -0.1) is 0 Å². The van der Waals surface area contributed by atoms with E-state index in [1.165, 1.54) is 9.79 Å². The van der Waals surface area contributed by atoms with Gasteiger partial charge in [0.25, 0.3) is 0 Å². The summed E-state index contributed by atoms with van der Waals surface area (Å²) in [7, 11) is 1.26. The zero-order chi connectivity index (χ0) is 25.6. The van der Waals surface area contributed by atoms with Gasteiger partial charge in [0.2, 0.25) is 5.75 Å². The highest BCUT2D eigenvalue weighted by Gasteiger charge is 2.32. The Bertz CT molecular complexity index is 1350. The number of halogens is 2. The minimum absolute atomic E-state index is 0.387. The van der Waals surface area contributed by atoms with Gasteiger partial charge in [-0.2, -0.15) is 0 Å². The van der Waals surface area contributed by atoms with Crippen molar-refractivity contribution in [2.24, 2.45) is 0 Å². The molecule has 0 aliphatic carbocycles. The Morgan fingerprint density at radius 1 is 0.514 bits per heavy atom. The van der Waals surface area contributed by atoms with Gasteiger partial charge in [-0.25, -0.2) is 0 Å². The first-order chi connectivity index (χ1) is 18.1. The zero-order valence-corrected chi connectivity index (χ0v) is 25.1. The number of rotatable bonds is 8. The third kappa shape index (κ3) is 6.42. The molecule has 5 aromatic carbocycles. The lowest BCUT2D eigenvalue weighted by Crippen LogP contribution is -2.06. The second kappa shape index (κ2) is 12.2. The van der Waals surface area contributed by atoms with Crippen LogP contribution in [0.15, 0.2) is 136 Å². The van der Waals surface area contributed by atoms with Gasteiger partial charge in [0.15, 0.2) is 26.2 Å². The second-order valence-electron chi connectivity index (χ2n) is 8.00. The van der Waals surface area contributed by atoms with E-state index in [0.29, 0.717) is 17.2 Å². The third-order valence-corrected chi connectivity index (χ3v) is 9.11. The monoisotopic (exact) mass is 729 g/mol. The molecule has 0 saturated carbocycles. The van der Waals surface area contributed by atoms with Crippen molar-refractivity contribution in [3.63, 3.8) is 0 Å². The molecule has 184 valence electrons. The predicted octanol–water partition coefficient (Wildman–Crippen LogP) is 9.58. The summed E-state index contributed by atoms with van der Waals surface area (Å²) in [5.41, 5.74) is 0. The quantitative estimate of drug-likeness (QED) is 0.118. The average Bonchev–Trinajstić information content (AvgIpc) is 2.93. The van der Waals surface area contributed by atoms with Gasteiger partial charge >= 0.3 is 0 Å². The van der Waals surface area contributed by atoms with Crippen LogP contribution in [0, 0.1) is 7.14 Å². The lowest BCUT2D eigenvalue weighted by Gasteiger charge is -2.17. The molecule has 0 fully saturated rings. The molecule has 0 amide bonds. The van der Waals surface area contributed by atoms with Crippen LogP contribution in [0.4, 0.5) is 0 Å². The Kier molecular flexibility index (Phi) is 8.58. The lowest BCUT2D eigenvalue weighted by molar-refractivity contribution is 0.351. The van der Waals surface area contributed by atoms with Crippen molar-refractivity contribution in [1.82, 2.24) is 0 Å². The van der Waals surface area contributed by atoms with Crippen LogP contribution in [0.5, 0.6) is 28.7 Å². The van der Waals surface area contributed by atoms with Crippen LogP contribution in [0.3, 0.4) is 0 Å². The van der Waals surface area contributed by atoms with Crippen molar-refractivity contribution in [1.29, 1.82) is 0 Å². The van der Waals surface area contributed by atoms with E-state index >= 15 is 0 Å². The van der Waals surface area contributed by atoms with Crippen molar-refractivity contribution in [2.75, 3.05) is 7.11 Å². The number of methoxy groups -OCH3 is 1. The maximum absolute atomic E-state index is 6.41. The van der Waals surface area contributed by atoms with Gasteiger partial charge in [0.1, 0.15) is 11.5 Å². The summed E-state index contributed by atoms with van der Waals surface area (Å²) in [5, 5.41) is 0. The van der Waals surface area contributed by atoms with Gasteiger partial charge in [0, 0.05) is 19.3 Å². The number of ether oxygens (including phenoxy) is 3. The summed E-state index contributed by atoms with van der Waals surface area (Å²) in [6.07, 6.45) is 0. The van der Waals surface area contributed by atoms with E-state index in [1.54, 1.807) is 7.11 Å². The highest BCUT2D eigenvalue weighted by atomic mass is 127. The fourth-order valence-corrected chi connectivity index (χ4v) is 6.65. The van der Waals surface area contributed by atoms with Crippen LogP contribution in [0.2, 0.25) is 0 Å². The molecule has 0 N–H and O–H groups in total. The van der Waals surface area contributed by atoms with Crippen LogP contribution in [-0.2, 0) is 10.9 Å². The van der Waals surface area contributed by atoms with Crippen LogP contribution in [-0.4, -0.2) is 7.11 Å². The Morgan fingerprint density at radius 3 is 1.30 bits per heavy atom. The zero-order valence-electron chi connectivity index (χ0n) is 19.9. The first kappa shape index (κ1) is 25.9. The molecule has 0 aromatic heterocycles. The first-order valence-electron chi connectivity index (χ1n) is 11.5. The summed E-state index contributed by atoms with van der Waals surface area (Å²) in [6.45, 7) is 0. The molecule has 0 aliphatic heterocycles. The van der Waals surface area contributed by atoms with Crippen molar-refractivity contribution >= 4 is 56.1 Å². The average molecular weight is 729 g/mol. The fourth-order valence-electron chi connectivity index (χ4n) is 3.80. The molecule has 5 aromatic rings. The molecular formula is C31H23I2O3S+. The molecule has 3 nitrogen and oxygen atoms in total. The Balaban J connectivity index is 1.68. The summed E-state index contributed by atoms with van der Waals surface area (Å²) < 4.78 is 21.0. The van der Waals surface area contributed by atoms with Gasteiger partial charge in [-0.1, -0.05) is 36.4 Å². The molecular weight excluding hydrogens is 706 g/mol. The van der Waals surface area contributed by atoms with E-state index in [2.05, 4.69) is 106 Å². The molecule has 0 radical (unpaired) electrons. The molecule has 0 heterocycles. The smallest absolute Gasteiger partial charge is 0.205 e. The number of hydrogen-bond acceptors (Lipinski definition) is 3. The molecule has 6 heteroatoms. The summed E-state index contributed by atoms with van der Waals surface area (Å²) in [4.78, 5) is 3.48. The third-order valence-electron chi connectivity index (χ3n) is 5.47. The van der Waals surface area contributed by atoms with E-state index in [9.17, 15) is 0 Å². The van der Waals surface area contributed by atoms with E-state index in [4.69, 9.17) is 14.2 Å². The fraction of sp³-hybridized carbons (Fsp3) is 0.0323. The molecule has 5 rings (SSSR count). The largest absolute Gasteiger partial charge is 0.490 e. The van der Waals surface area contributed by atoms with Gasteiger partial charge in [0.05, 0.1) is 18.0 Å². The van der Waals surface area contributed by atoms with Crippen molar-refractivity contribution in [2.45, 2.75) is 14.7 Å². The van der Waals surface area contributed by atoms with Crippen LogP contribution in [0.25, 0.3) is 0 Å². The first-order valence-corrected chi connectivity index (χ1v) is 14.9. The number of benzene rings is 5. The Hall–Kier alpha value is -2.69. The second-order valence-corrected chi connectivity index (χ2v) is 12.5. The molecule has 0 unspecified atom stereocenters. The van der Waals surface area contributed by atoms with E-state index in [0.717, 1.165) is 23.5 Å². The molecule has 0 spiro atoms. The van der Waals surface area contributed by atoms with Gasteiger partial charge in [-0.3, -0.25) is 0 Å². The van der Waals surface area contributed by atoms with Crippen LogP contribution in [0.1, 0.15) is 0 Å². The standard InChI is InChI=1S/C31H23I2O3S/c1-34-31-29(35-24-16-12-22(32)13-17-24)20-28(21-30(31)36-25-18-14-23(33)15-19-25)37(26-8-4-2-5-9-26)27-10-6-3-7-11-27/h2-21H,1H3/q+1. The topological polar surface area (TPSA) is 27.7 Å². The predicted molar refractivity (Wildman–Crippen MR) is 167 cm³/mol. The van der Waals surface area contributed by atoms with Gasteiger partial charge < -0.3 is 14.2 Å². The van der Waals surface area contributed by atoms with E-state index in [-0.39, 0.29) is 10.9 Å². The molecule has 0 bridgehead atoms. The maximum atomic E-state index is 6.41. The molecule has 0 atom stereocenters. The molecule has 0 saturated heterocycles. The highest BCUT2D eigenvalue weighted by molar-refractivity contribution is 14.1. The SMILES string of the molecule is COc1c(Oc2ccc(I)cc2)cc([S+](c2ccccc2)c2ccccc2)cc1Oc1ccc(I)cc1. The summed E-state index contributed by atoms with van der Waals surface area (Å²) >= 11 is 4.58. The number of hydrogen-bond donors (Lipinski definition) is 0. The van der Waals surface area contributed by atoms with Crippen LogP contribution >= 0.6 is 45.2 Å². The van der Waals surface area contributed by atoms with Crippen molar-refractivity contribution in [3.8, 4) is 28.7 Å².